The Bertz CT molecular complexity index is 227. The molecule has 0 saturated heterocycles. The molecule has 1 aliphatic carbocycles. The molecule has 0 spiro atoms. The Labute approximate surface area is 97.0 Å². The zero-order valence-corrected chi connectivity index (χ0v) is 10.4. The van der Waals surface area contributed by atoms with Crippen molar-refractivity contribution in [1.82, 2.24) is 5.32 Å². The van der Waals surface area contributed by atoms with Crippen LogP contribution in [0.1, 0.15) is 33.1 Å². The number of carbonyl (C=O) groups is 1. The van der Waals surface area contributed by atoms with Gasteiger partial charge in [0.2, 0.25) is 5.91 Å². The summed E-state index contributed by atoms with van der Waals surface area (Å²) in [5.41, 5.74) is 0.157. The van der Waals surface area contributed by atoms with Gasteiger partial charge in [-0.3, -0.25) is 4.79 Å². The van der Waals surface area contributed by atoms with Crippen LogP contribution < -0.4 is 5.32 Å². The van der Waals surface area contributed by atoms with E-state index in [1.165, 1.54) is 0 Å². The number of nitrogens with one attached hydrogen (secondary N) is 1. The Morgan fingerprint density at radius 3 is 2.47 bits per heavy atom. The molecular formula is C11H21NO2S. The first-order valence-electron chi connectivity index (χ1n) is 5.54. The molecule has 1 saturated carbocycles. The number of carbonyl (C=O) groups excluding carboxylic acids is 1. The van der Waals surface area contributed by atoms with Gasteiger partial charge in [-0.05, 0) is 29.9 Å². The van der Waals surface area contributed by atoms with Crippen LogP contribution >= 0.6 is 12.6 Å². The largest absolute Gasteiger partial charge is 0.394 e. The van der Waals surface area contributed by atoms with Crippen LogP contribution in [-0.2, 0) is 4.79 Å². The fraction of sp³-hybridized carbons (Fsp3) is 0.909. The van der Waals surface area contributed by atoms with Crippen molar-refractivity contribution in [2.75, 3.05) is 12.4 Å². The molecule has 0 aliphatic heterocycles. The Morgan fingerprint density at radius 2 is 2.13 bits per heavy atom. The van der Waals surface area contributed by atoms with Crippen molar-refractivity contribution < 1.29 is 9.90 Å². The fourth-order valence-corrected chi connectivity index (χ4v) is 2.02. The minimum absolute atomic E-state index is 0.0112. The van der Waals surface area contributed by atoms with E-state index in [0.29, 0.717) is 6.42 Å². The van der Waals surface area contributed by atoms with Gasteiger partial charge in [-0.15, -0.1) is 0 Å². The summed E-state index contributed by atoms with van der Waals surface area (Å²) in [6.07, 6.45) is 2.77. The molecule has 0 aromatic rings. The van der Waals surface area contributed by atoms with Crippen LogP contribution in [0, 0.1) is 11.3 Å². The van der Waals surface area contributed by atoms with Crippen molar-refractivity contribution in [2.45, 2.75) is 39.2 Å². The zero-order valence-electron chi connectivity index (χ0n) is 9.49. The van der Waals surface area contributed by atoms with Gasteiger partial charge in [-0.2, -0.15) is 12.6 Å². The second-order valence-corrected chi connectivity index (χ2v) is 5.25. The van der Waals surface area contributed by atoms with Gasteiger partial charge in [-0.1, -0.05) is 13.8 Å². The molecule has 0 bridgehead atoms. The second-order valence-electron chi connectivity index (χ2n) is 4.94. The van der Waals surface area contributed by atoms with Crippen molar-refractivity contribution in [1.29, 1.82) is 0 Å². The van der Waals surface area contributed by atoms with E-state index in [-0.39, 0.29) is 29.9 Å². The lowest BCUT2D eigenvalue weighted by Crippen LogP contribution is -2.42. The number of hydrogen-bond acceptors (Lipinski definition) is 3. The number of hydrogen-bond donors (Lipinski definition) is 3. The maximum atomic E-state index is 11.7. The summed E-state index contributed by atoms with van der Waals surface area (Å²) in [5, 5.41) is 12.0. The minimum atomic E-state index is -0.117. The summed E-state index contributed by atoms with van der Waals surface area (Å²) in [6.45, 7) is 4.00. The van der Waals surface area contributed by atoms with Gasteiger partial charge in [0, 0.05) is 6.42 Å². The average molecular weight is 231 g/mol. The maximum Gasteiger partial charge on any atom is 0.220 e. The quantitative estimate of drug-likeness (QED) is 0.602. The first-order chi connectivity index (χ1) is 7.03. The molecule has 0 heterocycles. The molecule has 0 radical (unpaired) electrons. The Kier molecular flexibility index (Phi) is 4.46. The summed E-state index contributed by atoms with van der Waals surface area (Å²) < 4.78 is 0. The first kappa shape index (κ1) is 12.8. The number of thiol groups is 1. The van der Waals surface area contributed by atoms with E-state index in [9.17, 15) is 4.79 Å². The van der Waals surface area contributed by atoms with E-state index < -0.39 is 0 Å². The Balaban J connectivity index is 2.35. The molecule has 1 atom stereocenters. The first-order valence-corrected chi connectivity index (χ1v) is 6.17. The van der Waals surface area contributed by atoms with Gasteiger partial charge in [0.25, 0.3) is 0 Å². The third-order valence-electron chi connectivity index (χ3n) is 3.18. The minimum Gasteiger partial charge on any atom is -0.394 e. The molecular weight excluding hydrogens is 210 g/mol. The molecule has 1 aliphatic rings. The van der Waals surface area contributed by atoms with Crippen LogP contribution in [0.5, 0.6) is 0 Å². The Morgan fingerprint density at radius 1 is 1.53 bits per heavy atom. The third kappa shape index (κ3) is 3.68. The maximum absolute atomic E-state index is 11.7. The SMILES string of the molecule is CC(C)C(CO)NC(=O)CC1(CS)CC1. The summed E-state index contributed by atoms with van der Waals surface area (Å²) in [6, 6.07) is -0.117. The summed E-state index contributed by atoms with van der Waals surface area (Å²) in [7, 11) is 0. The van der Waals surface area contributed by atoms with Gasteiger partial charge in [0.15, 0.2) is 0 Å². The molecule has 3 nitrogen and oxygen atoms in total. The summed E-state index contributed by atoms with van der Waals surface area (Å²) in [5.74, 6) is 1.10. The molecule has 1 rings (SSSR count). The van der Waals surface area contributed by atoms with Gasteiger partial charge in [-0.25, -0.2) is 0 Å². The van der Waals surface area contributed by atoms with Crippen molar-refractivity contribution >= 4 is 18.5 Å². The van der Waals surface area contributed by atoms with E-state index in [0.717, 1.165) is 18.6 Å². The lowest BCUT2D eigenvalue weighted by atomic mass is 10.0. The van der Waals surface area contributed by atoms with Crippen LogP contribution in [0.25, 0.3) is 0 Å². The van der Waals surface area contributed by atoms with Crippen molar-refractivity contribution in [3.63, 3.8) is 0 Å². The monoisotopic (exact) mass is 231 g/mol. The van der Waals surface area contributed by atoms with Crippen molar-refractivity contribution in [3.05, 3.63) is 0 Å². The molecule has 1 fully saturated rings. The van der Waals surface area contributed by atoms with Crippen LogP contribution in [0.15, 0.2) is 0 Å². The van der Waals surface area contributed by atoms with Gasteiger partial charge < -0.3 is 10.4 Å². The highest BCUT2D eigenvalue weighted by atomic mass is 32.1. The number of aliphatic hydroxyl groups is 1. The third-order valence-corrected chi connectivity index (χ3v) is 3.85. The predicted octanol–water partition coefficient (Wildman–Crippen LogP) is 1.22. The molecule has 15 heavy (non-hydrogen) atoms. The molecule has 0 aromatic heterocycles. The van der Waals surface area contributed by atoms with Crippen molar-refractivity contribution in [3.8, 4) is 0 Å². The van der Waals surface area contributed by atoms with E-state index in [1.807, 2.05) is 13.8 Å². The van der Waals surface area contributed by atoms with Crippen LogP contribution in [0.2, 0.25) is 0 Å². The normalized spacial score (nSPS) is 20.1. The highest BCUT2D eigenvalue weighted by Crippen LogP contribution is 2.49. The van der Waals surface area contributed by atoms with Crippen LogP contribution in [0.3, 0.4) is 0 Å². The molecule has 88 valence electrons. The molecule has 2 N–H and O–H groups in total. The predicted molar refractivity (Wildman–Crippen MR) is 64.0 cm³/mol. The molecule has 1 unspecified atom stereocenters. The number of amides is 1. The van der Waals surface area contributed by atoms with Gasteiger partial charge >= 0.3 is 0 Å². The molecule has 1 amide bonds. The number of rotatable bonds is 6. The summed E-state index contributed by atoms with van der Waals surface area (Å²) in [4.78, 5) is 11.7. The zero-order chi connectivity index (χ0) is 11.5. The lowest BCUT2D eigenvalue weighted by molar-refractivity contribution is -0.123. The smallest absolute Gasteiger partial charge is 0.220 e. The average Bonchev–Trinajstić information content (AvgIpc) is 2.94. The molecule has 4 heteroatoms. The van der Waals surface area contributed by atoms with Gasteiger partial charge in [0.1, 0.15) is 0 Å². The van der Waals surface area contributed by atoms with E-state index in [4.69, 9.17) is 5.11 Å². The topological polar surface area (TPSA) is 49.3 Å². The lowest BCUT2D eigenvalue weighted by Gasteiger charge is -2.21. The molecule has 0 aromatic carbocycles. The van der Waals surface area contributed by atoms with E-state index in [1.54, 1.807) is 0 Å². The van der Waals surface area contributed by atoms with Crippen LogP contribution in [0.4, 0.5) is 0 Å². The Hall–Kier alpha value is -0.220. The number of aliphatic hydroxyl groups excluding tert-OH is 1. The van der Waals surface area contributed by atoms with Crippen molar-refractivity contribution in [2.24, 2.45) is 11.3 Å². The van der Waals surface area contributed by atoms with E-state index in [2.05, 4.69) is 17.9 Å². The highest BCUT2D eigenvalue weighted by Gasteiger charge is 2.43. The second kappa shape index (κ2) is 5.21. The van der Waals surface area contributed by atoms with E-state index >= 15 is 0 Å². The standard InChI is InChI=1S/C11H21NO2S/c1-8(2)9(6-13)12-10(14)5-11(7-15)3-4-11/h8-9,13,15H,3-7H2,1-2H3,(H,12,14). The van der Waals surface area contributed by atoms with Gasteiger partial charge in [0.05, 0.1) is 12.6 Å². The van der Waals surface area contributed by atoms with Crippen LogP contribution in [-0.4, -0.2) is 29.4 Å². The highest BCUT2D eigenvalue weighted by molar-refractivity contribution is 7.80. The summed E-state index contributed by atoms with van der Waals surface area (Å²) >= 11 is 4.26. The fourth-order valence-electron chi connectivity index (χ4n) is 1.59.